The summed E-state index contributed by atoms with van der Waals surface area (Å²) >= 11 is 0. The summed E-state index contributed by atoms with van der Waals surface area (Å²) in [5, 5.41) is 0. The Labute approximate surface area is 117 Å². The minimum atomic E-state index is -0.930. The average Bonchev–Trinajstić information content (AvgIpc) is 2.44. The molecule has 1 aromatic rings. The summed E-state index contributed by atoms with van der Waals surface area (Å²) in [5.74, 6) is -1.71. The molecule has 0 aliphatic carbocycles. The molecule has 1 aromatic carbocycles. The molecule has 2 unspecified atom stereocenters. The Bertz CT molecular complexity index is 493. The summed E-state index contributed by atoms with van der Waals surface area (Å²) in [6, 6.07) is 4.05. The first kappa shape index (κ1) is 14.9. The number of nitrogens with two attached hydrogens (primary N) is 1. The van der Waals surface area contributed by atoms with E-state index < -0.39 is 11.6 Å². The molecule has 3 nitrogen and oxygen atoms in total. The van der Waals surface area contributed by atoms with Gasteiger partial charge in [0, 0.05) is 18.2 Å². The first-order valence-electron chi connectivity index (χ1n) is 6.95. The van der Waals surface area contributed by atoms with Crippen LogP contribution in [0.1, 0.15) is 25.3 Å². The van der Waals surface area contributed by atoms with Gasteiger partial charge in [0.15, 0.2) is 11.6 Å². The number of likely N-dealkylation sites (tertiary alicyclic amines) is 1. The van der Waals surface area contributed by atoms with Crippen molar-refractivity contribution in [1.29, 1.82) is 0 Å². The van der Waals surface area contributed by atoms with Crippen LogP contribution < -0.4 is 5.73 Å². The molecule has 1 amide bonds. The van der Waals surface area contributed by atoms with Crippen LogP contribution in [0.5, 0.6) is 0 Å². The zero-order valence-electron chi connectivity index (χ0n) is 11.6. The molecule has 1 heterocycles. The molecule has 1 aliphatic rings. The van der Waals surface area contributed by atoms with Crippen LogP contribution in [-0.4, -0.2) is 29.9 Å². The molecular formula is C15H20F2N2O. The SMILES string of the molecule is CC1CCC(CN)CN1C(=O)Cc1cccc(F)c1F. The third kappa shape index (κ3) is 3.15. The van der Waals surface area contributed by atoms with E-state index in [9.17, 15) is 13.6 Å². The number of rotatable bonds is 3. The topological polar surface area (TPSA) is 46.3 Å². The van der Waals surface area contributed by atoms with Gasteiger partial charge in [-0.2, -0.15) is 0 Å². The van der Waals surface area contributed by atoms with Gasteiger partial charge >= 0.3 is 0 Å². The van der Waals surface area contributed by atoms with E-state index >= 15 is 0 Å². The van der Waals surface area contributed by atoms with Gasteiger partial charge < -0.3 is 10.6 Å². The molecule has 5 heteroatoms. The van der Waals surface area contributed by atoms with E-state index in [0.29, 0.717) is 19.0 Å². The second kappa shape index (κ2) is 6.31. The Morgan fingerprint density at radius 3 is 2.85 bits per heavy atom. The van der Waals surface area contributed by atoms with Gasteiger partial charge in [0.2, 0.25) is 5.91 Å². The maximum atomic E-state index is 13.6. The highest BCUT2D eigenvalue weighted by Crippen LogP contribution is 2.22. The van der Waals surface area contributed by atoms with Gasteiger partial charge in [-0.1, -0.05) is 12.1 Å². The summed E-state index contributed by atoms with van der Waals surface area (Å²) in [6.07, 6.45) is 1.81. The Kier molecular flexibility index (Phi) is 4.70. The van der Waals surface area contributed by atoms with Crippen molar-refractivity contribution in [3.63, 3.8) is 0 Å². The Morgan fingerprint density at radius 1 is 1.40 bits per heavy atom. The lowest BCUT2D eigenvalue weighted by atomic mass is 9.93. The van der Waals surface area contributed by atoms with Crippen molar-refractivity contribution in [2.24, 2.45) is 11.7 Å². The summed E-state index contributed by atoms with van der Waals surface area (Å²) in [6.45, 7) is 3.13. The summed E-state index contributed by atoms with van der Waals surface area (Å²) in [4.78, 5) is 14.0. The lowest BCUT2D eigenvalue weighted by Crippen LogP contribution is -2.47. The maximum absolute atomic E-state index is 13.6. The van der Waals surface area contributed by atoms with Crippen LogP contribution in [0.4, 0.5) is 8.78 Å². The Balaban J connectivity index is 2.09. The third-order valence-electron chi connectivity index (χ3n) is 4.01. The van der Waals surface area contributed by atoms with Crippen LogP contribution in [0.15, 0.2) is 18.2 Å². The van der Waals surface area contributed by atoms with Crippen molar-refractivity contribution in [2.75, 3.05) is 13.1 Å². The van der Waals surface area contributed by atoms with E-state index in [4.69, 9.17) is 5.73 Å². The molecule has 20 heavy (non-hydrogen) atoms. The lowest BCUT2D eigenvalue weighted by Gasteiger charge is -2.37. The molecule has 0 saturated carbocycles. The van der Waals surface area contributed by atoms with Gasteiger partial charge in [-0.3, -0.25) is 4.79 Å². The Hall–Kier alpha value is -1.49. The average molecular weight is 282 g/mol. The maximum Gasteiger partial charge on any atom is 0.227 e. The van der Waals surface area contributed by atoms with E-state index in [1.54, 1.807) is 4.90 Å². The standard InChI is InChI=1S/C15H20F2N2O/c1-10-5-6-11(8-18)9-19(10)14(20)7-12-3-2-4-13(16)15(12)17/h2-4,10-11H,5-9,18H2,1H3. The number of carbonyl (C=O) groups excluding carboxylic acids is 1. The van der Waals surface area contributed by atoms with E-state index in [0.717, 1.165) is 18.9 Å². The van der Waals surface area contributed by atoms with E-state index in [1.165, 1.54) is 12.1 Å². The molecular weight excluding hydrogens is 262 g/mol. The molecule has 2 N–H and O–H groups in total. The van der Waals surface area contributed by atoms with Crippen molar-refractivity contribution in [3.05, 3.63) is 35.4 Å². The number of amides is 1. The molecule has 0 bridgehead atoms. The zero-order chi connectivity index (χ0) is 14.7. The van der Waals surface area contributed by atoms with Crippen molar-refractivity contribution < 1.29 is 13.6 Å². The van der Waals surface area contributed by atoms with Crippen LogP contribution in [0.25, 0.3) is 0 Å². The second-order valence-electron chi connectivity index (χ2n) is 5.46. The van der Waals surface area contributed by atoms with Crippen LogP contribution in [0.2, 0.25) is 0 Å². The minimum absolute atomic E-state index is 0.106. The number of nitrogens with zero attached hydrogens (tertiary/aromatic N) is 1. The molecule has 0 aromatic heterocycles. The molecule has 1 fully saturated rings. The predicted octanol–water partition coefficient (Wildman–Crippen LogP) is 2.09. The van der Waals surface area contributed by atoms with Gasteiger partial charge in [-0.05, 0) is 38.3 Å². The number of hydrogen-bond donors (Lipinski definition) is 1. The highest BCUT2D eigenvalue weighted by atomic mass is 19.2. The van der Waals surface area contributed by atoms with Crippen LogP contribution in [-0.2, 0) is 11.2 Å². The van der Waals surface area contributed by atoms with Crippen LogP contribution in [0, 0.1) is 17.6 Å². The fraction of sp³-hybridized carbons (Fsp3) is 0.533. The molecule has 0 spiro atoms. The van der Waals surface area contributed by atoms with E-state index in [2.05, 4.69) is 0 Å². The van der Waals surface area contributed by atoms with E-state index in [-0.39, 0.29) is 23.9 Å². The number of hydrogen-bond acceptors (Lipinski definition) is 2. The van der Waals surface area contributed by atoms with Gasteiger partial charge in [0.05, 0.1) is 6.42 Å². The largest absolute Gasteiger partial charge is 0.339 e. The molecule has 0 radical (unpaired) electrons. The number of benzene rings is 1. The summed E-state index contributed by atoms with van der Waals surface area (Å²) in [5.41, 5.74) is 5.77. The fourth-order valence-corrected chi connectivity index (χ4v) is 2.67. The van der Waals surface area contributed by atoms with Crippen LogP contribution in [0.3, 0.4) is 0 Å². The molecule has 110 valence electrons. The molecule has 2 rings (SSSR count). The molecule has 1 aliphatic heterocycles. The highest BCUT2D eigenvalue weighted by Gasteiger charge is 2.28. The molecule has 2 atom stereocenters. The monoisotopic (exact) mass is 282 g/mol. The summed E-state index contributed by atoms with van der Waals surface area (Å²) < 4.78 is 26.8. The predicted molar refractivity (Wildman–Crippen MR) is 73.0 cm³/mol. The number of carbonyl (C=O) groups is 1. The minimum Gasteiger partial charge on any atom is -0.339 e. The van der Waals surface area contributed by atoms with Crippen molar-refractivity contribution >= 4 is 5.91 Å². The smallest absolute Gasteiger partial charge is 0.227 e. The van der Waals surface area contributed by atoms with Crippen LogP contribution >= 0.6 is 0 Å². The lowest BCUT2D eigenvalue weighted by molar-refractivity contribution is -0.134. The van der Waals surface area contributed by atoms with Gasteiger partial charge in [-0.25, -0.2) is 8.78 Å². The third-order valence-corrected chi connectivity index (χ3v) is 4.01. The number of piperidine rings is 1. The highest BCUT2D eigenvalue weighted by molar-refractivity contribution is 5.79. The zero-order valence-corrected chi connectivity index (χ0v) is 11.6. The van der Waals surface area contributed by atoms with Gasteiger partial charge in [0.25, 0.3) is 0 Å². The van der Waals surface area contributed by atoms with Crippen molar-refractivity contribution in [3.8, 4) is 0 Å². The quantitative estimate of drug-likeness (QED) is 0.922. The van der Waals surface area contributed by atoms with Gasteiger partial charge in [-0.15, -0.1) is 0 Å². The summed E-state index contributed by atoms with van der Waals surface area (Å²) in [7, 11) is 0. The first-order valence-corrected chi connectivity index (χ1v) is 6.95. The van der Waals surface area contributed by atoms with E-state index in [1.807, 2.05) is 6.92 Å². The molecule has 1 saturated heterocycles. The van der Waals surface area contributed by atoms with Crippen molar-refractivity contribution in [2.45, 2.75) is 32.2 Å². The second-order valence-corrected chi connectivity index (χ2v) is 5.46. The number of halogens is 2. The fourth-order valence-electron chi connectivity index (χ4n) is 2.67. The van der Waals surface area contributed by atoms with Crippen molar-refractivity contribution in [1.82, 2.24) is 4.90 Å². The van der Waals surface area contributed by atoms with Gasteiger partial charge in [0.1, 0.15) is 0 Å². The normalized spacial score (nSPS) is 22.9. The Morgan fingerprint density at radius 2 is 2.15 bits per heavy atom. The first-order chi connectivity index (χ1) is 9.52.